The highest BCUT2D eigenvalue weighted by molar-refractivity contribution is 9.10. The number of hydrogen-bond acceptors (Lipinski definition) is 2. The SMILES string of the molecule is CC(C)c1ccc(OC(=O)c2ccc(-c3ccccc3)cc2)c(Br)c1. The van der Waals surface area contributed by atoms with Crippen LogP contribution in [0.3, 0.4) is 0 Å². The molecule has 0 bridgehead atoms. The monoisotopic (exact) mass is 394 g/mol. The number of hydrogen-bond donors (Lipinski definition) is 0. The largest absolute Gasteiger partial charge is 0.422 e. The summed E-state index contributed by atoms with van der Waals surface area (Å²) < 4.78 is 6.31. The second kappa shape index (κ2) is 7.66. The third-order valence-electron chi connectivity index (χ3n) is 4.05. The summed E-state index contributed by atoms with van der Waals surface area (Å²) in [6, 6.07) is 23.3. The van der Waals surface area contributed by atoms with Crippen LogP contribution in [0.4, 0.5) is 0 Å². The number of benzene rings is 3. The molecule has 2 nitrogen and oxygen atoms in total. The van der Waals surface area contributed by atoms with Gasteiger partial charge in [0, 0.05) is 0 Å². The smallest absolute Gasteiger partial charge is 0.343 e. The lowest BCUT2D eigenvalue weighted by atomic mass is 10.0. The fourth-order valence-corrected chi connectivity index (χ4v) is 3.02. The van der Waals surface area contributed by atoms with Crippen LogP contribution in [-0.2, 0) is 0 Å². The van der Waals surface area contributed by atoms with Crippen molar-refractivity contribution in [3.05, 3.63) is 88.4 Å². The minimum atomic E-state index is -0.363. The highest BCUT2D eigenvalue weighted by Gasteiger charge is 2.12. The van der Waals surface area contributed by atoms with Crippen molar-refractivity contribution in [2.24, 2.45) is 0 Å². The van der Waals surface area contributed by atoms with Crippen molar-refractivity contribution in [2.45, 2.75) is 19.8 Å². The Balaban J connectivity index is 1.75. The fourth-order valence-electron chi connectivity index (χ4n) is 2.55. The van der Waals surface area contributed by atoms with Gasteiger partial charge in [0.05, 0.1) is 10.0 Å². The predicted molar refractivity (Wildman–Crippen MR) is 105 cm³/mol. The Morgan fingerprint density at radius 2 is 1.52 bits per heavy atom. The van der Waals surface area contributed by atoms with Crippen LogP contribution in [0.5, 0.6) is 5.75 Å². The summed E-state index contributed by atoms with van der Waals surface area (Å²) in [7, 11) is 0. The van der Waals surface area contributed by atoms with E-state index < -0.39 is 0 Å². The van der Waals surface area contributed by atoms with Gasteiger partial charge in [0.25, 0.3) is 0 Å². The van der Waals surface area contributed by atoms with Crippen molar-refractivity contribution in [1.82, 2.24) is 0 Å². The summed E-state index contributed by atoms with van der Waals surface area (Å²) in [4.78, 5) is 12.4. The van der Waals surface area contributed by atoms with Crippen molar-refractivity contribution >= 4 is 21.9 Å². The molecule has 0 aliphatic rings. The molecule has 0 aromatic heterocycles. The van der Waals surface area contributed by atoms with Gasteiger partial charge in [0.2, 0.25) is 0 Å². The van der Waals surface area contributed by atoms with E-state index >= 15 is 0 Å². The van der Waals surface area contributed by atoms with Gasteiger partial charge >= 0.3 is 5.97 Å². The molecular weight excluding hydrogens is 376 g/mol. The molecule has 0 spiro atoms. The van der Waals surface area contributed by atoms with Gasteiger partial charge in [-0.1, -0.05) is 62.4 Å². The van der Waals surface area contributed by atoms with Crippen molar-refractivity contribution in [3.8, 4) is 16.9 Å². The fraction of sp³-hybridized carbons (Fsp3) is 0.136. The molecule has 126 valence electrons. The van der Waals surface area contributed by atoms with Crippen LogP contribution in [0.25, 0.3) is 11.1 Å². The molecular formula is C22H19BrO2. The zero-order valence-electron chi connectivity index (χ0n) is 14.2. The molecule has 0 fully saturated rings. The Hall–Kier alpha value is -2.39. The molecule has 3 aromatic carbocycles. The van der Waals surface area contributed by atoms with Crippen LogP contribution < -0.4 is 4.74 Å². The van der Waals surface area contributed by atoms with Gasteiger partial charge in [-0.05, 0) is 62.8 Å². The highest BCUT2D eigenvalue weighted by Crippen LogP contribution is 2.29. The standard InChI is InChI=1S/C22H19BrO2/c1-15(2)19-12-13-21(20(23)14-19)25-22(24)18-10-8-17(9-11-18)16-6-4-3-5-7-16/h3-15H,1-2H3. The second-order valence-corrected chi connectivity index (χ2v) is 7.03. The van der Waals surface area contributed by atoms with Gasteiger partial charge in [-0.2, -0.15) is 0 Å². The molecule has 0 heterocycles. The maximum atomic E-state index is 12.4. The van der Waals surface area contributed by atoms with E-state index in [4.69, 9.17) is 4.74 Å². The average molecular weight is 395 g/mol. The molecule has 3 heteroatoms. The summed E-state index contributed by atoms with van der Waals surface area (Å²) in [5.74, 6) is 0.589. The molecule has 0 N–H and O–H groups in total. The van der Waals surface area contributed by atoms with Gasteiger partial charge in [0.1, 0.15) is 5.75 Å². The summed E-state index contributed by atoms with van der Waals surface area (Å²) in [6.07, 6.45) is 0. The Morgan fingerprint density at radius 1 is 0.880 bits per heavy atom. The average Bonchev–Trinajstić information content (AvgIpc) is 2.64. The predicted octanol–water partition coefficient (Wildman–Crippen LogP) is 6.46. The van der Waals surface area contributed by atoms with E-state index in [0.717, 1.165) is 15.6 Å². The highest BCUT2D eigenvalue weighted by atomic mass is 79.9. The summed E-state index contributed by atoms with van der Waals surface area (Å²) in [5.41, 5.74) is 3.91. The molecule has 3 rings (SSSR count). The quantitative estimate of drug-likeness (QED) is 0.374. The Labute approximate surface area is 156 Å². The molecule has 25 heavy (non-hydrogen) atoms. The van der Waals surface area contributed by atoms with E-state index in [2.05, 4.69) is 29.8 Å². The Bertz CT molecular complexity index is 868. The topological polar surface area (TPSA) is 26.3 Å². The maximum Gasteiger partial charge on any atom is 0.343 e. The van der Waals surface area contributed by atoms with Crippen LogP contribution in [-0.4, -0.2) is 5.97 Å². The van der Waals surface area contributed by atoms with E-state index in [1.54, 1.807) is 12.1 Å². The van der Waals surface area contributed by atoms with E-state index in [9.17, 15) is 4.79 Å². The molecule has 0 saturated carbocycles. The number of carbonyl (C=O) groups is 1. The lowest BCUT2D eigenvalue weighted by Gasteiger charge is -2.10. The third-order valence-corrected chi connectivity index (χ3v) is 4.67. The van der Waals surface area contributed by atoms with Crippen LogP contribution >= 0.6 is 15.9 Å². The number of carbonyl (C=O) groups excluding carboxylic acids is 1. The Morgan fingerprint density at radius 3 is 2.12 bits per heavy atom. The second-order valence-electron chi connectivity index (χ2n) is 6.18. The first-order valence-electron chi connectivity index (χ1n) is 8.21. The molecule has 3 aromatic rings. The molecule has 0 atom stereocenters. The van der Waals surface area contributed by atoms with Crippen LogP contribution in [0.2, 0.25) is 0 Å². The molecule has 0 radical (unpaired) electrons. The molecule has 0 saturated heterocycles. The van der Waals surface area contributed by atoms with Gasteiger partial charge in [-0.15, -0.1) is 0 Å². The molecule has 0 unspecified atom stereocenters. The molecule has 0 aliphatic carbocycles. The first-order chi connectivity index (χ1) is 12.0. The molecule has 0 aliphatic heterocycles. The summed E-state index contributed by atoms with van der Waals surface area (Å²) in [5, 5.41) is 0. The number of rotatable bonds is 4. The van der Waals surface area contributed by atoms with E-state index in [1.807, 2.05) is 60.7 Å². The Kier molecular flexibility index (Phi) is 5.34. The zero-order valence-corrected chi connectivity index (χ0v) is 15.8. The van der Waals surface area contributed by atoms with Crippen molar-refractivity contribution in [1.29, 1.82) is 0 Å². The zero-order chi connectivity index (χ0) is 17.8. The lowest BCUT2D eigenvalue weighted by molar-refractivity contribution is 0.0733. The normalized spacial score (nSPS) is 10.7. The van der Waals surface area contributed by atoms with Crippen molar-refractivity contribution in [2.75, 3.05) is 0 Å². The van der Waals surface area contributed by atoms with Crippen LogP contribution in [0.15, 0.2) is 77.3 Å². The first-order valence-corrected chi connectivity index (χ1v) is 9.01. The molecule has 0 amide bonds. The van der Waals surface area contributed by atoms with Gasteiger partial charge in [0.15, 0.2) is 0 Å². The number of ether oxygens (including phenoxy) is 1. The third kappa shape index (κ3) is 4.18. The number of esters is 1. The summed E-state index contributed by atoms with van der Waals surface area (Å²) >= 11 is 3.48. The van der Waals surface area contributed by atoms with Gasteiger partial charge < -0.3 is 4.74 Å². The van der Waals surface area contributed by atoms with Crippen molar-refractivity contribution < 1.29 is 9.53 Å². The summed E-state index contributed by atoms with van der Waals surface area (Å²) in [6.45, 7) is 4.25. The lowest BCUT2D eigenvalue weighted by Crippen LogP contribution is -2.08. The maximum absolute atomic E-state index is 12.4. The van der Waals surface area contributed by atoms with E-state index in [1.165, 1.54) is 5.56 Å². The number of halogens is 1. The minimum absolute atomic E-state index is 0.363. The van der Waals surface area contributed by atoms with E-state index in [0.29, 0.717) is 17.2 Å². The van der Waals surface area contributed by atoms with E-state index in [-0.39, 0.29) is 5.97 Å². The van der Waals surface area contributed by atoms with Gasteiger partial charge in [-0.3, -0.25) is 0 Å². The van der Waals surface area contributed by atoms with Gasteiger partial charge in [-0.25, -0.2) is 4.79 Å². The van der Waals surface area contributed by atoms with Crippen LogP contribution in [0, 0.1) is 0 Å². The van der Waals surface area contributed by atoms with Crippen LogP contribution in [0.1, 0.15) is 35.7 Å². The van der Waals surface area contributed by atoms with Crippen molar-refractivity contribution in [3.63, 3.8) is 0 Å². The first kappa shape index (κ1) is 17.4. The minimum Gasteiger partial charge on any atom is -0.422 e.